The average Bonchev–Trinajstić information content (AvgIpc) is 2.45. The third kappa shape index (κ3) is 8.96. The highest BCUT2D eigenvalue weighted by atomic mass is 127. The minimum absolute atomic E-state index is 0. The third-order valence-electron chi connectivity index (χ3n) is 2.94. The molecule has 0 fully saturated rings. The molecule has 3 N–H and O–H groups in total. The lowest BCUT2D eigenvalue weighted by Crippen LogP contribution is -2.34. The molecule has 1 aromatic rings. The Bertz CT molecular complexity index is 436. The number of aliphatic imine (C=N–C) groups is 1. The third-order valence-corrected chi connectivity index (χ3v) is 2.94. The maximum atomic E-state index is 5.81. The van der Waals surface area contributed by atoms with Gasteiger partial charge < -0.3 is 20.5 Å². The number of hydrogen-bond donors (Lipinski definition) is 2. The second kappa shape index (κ2) is 11.4. The zero-order valence-electron chi connectivity index (χ0n) is 13.8. The SMILES string of the molecule is COc1ccc(OC(C)CN=C(N)NCCC(C)C)cc1.I. The number of ether oxygens (including phenoxy) is 2. The number of nitrogens with two attached hydrogens (primary N) is 1. The molecule has 0 spiro atoms. The largest absolute Gasteiger partial charge is 0.497 e. The molecule has 0 heterocycles. The van der Waals surface area contributed by atoms with Crippen molar-refractivity contribution in [3.05, 3.63) is 24.3 Å². The van der Waals surface area contributed by atoms with E-state index in [1.807, 2.05) is 31.2 Å². The van der Waals surface area contributed by atoms with Crippen molar-refractivity contribution in [2.45, 2.75) is 33.3 Å². The number of guanidine groups is 1. The number of nitrogens with one attached hydrogen (secondary N) is 1. The number of hydrogen-bond acceptors (Lipinski definition) is 3. The summed E-state index contributed by atoms with van der Waals surface area (Å²) in [5, 5.41) is 3.10. The molecule has 22 heavy (non-hydrogen) atoms. The van der Waals surface area contributed by atoms with E-state index in [9.17, 15) is 0 Å². The summed E-state index contributed by atoms with van der Waals surface area (Å²) in [6, 6.07) is 7.49. The number of nitrogens with zero attached hydrogens (tertiary/aromatic N) is 1. The topological polar surface area (TPSA) is 68.9 Å². The molecule has 0 aromatic heterocycles. The fourth-order valence-electron chi connectivity index (χ4n) is 1.70. The Labute approximate surface area is 150 Å². The first-order valence-corrected chi connectivity index (χ1v) is 7.35. The lowest BCUT2D eigenvalue weighted by molar-refractivity contribution is 0.230. The number of methoxy groups -OCH3 is 1. The van der Waals surface area contributed by atoms with Crippen LogP contribution < -0.4 is 20.5 Å². The van der Waals surface area contributed by atoms with Crippen molar-refractivity contribution in [2.75, 3.05) is 20.2 Å². The van der Waals surface area contributed by atoms with E-state index in [1.165, 1.54) is 0 Å². The summed E-state index contributed by atoms with van der Waals surface area (Å²) in [7, 11) is 1.64. The van der Waals surface area contributed by atoms with E-state index in [4.69, 9.17) is 15.2 Å². The number of rotatable bonds is 8. The van der Waals surface area contributed by atoms with Crippen molar-refractivity contribution in [3.63, 3.8) is 0 Å². The molecule has 126 valence electrons. The highest BCUT2D eigenvalue weighted by Gasteiger charge is 2.04. The van der Waals surface area contributed by atoms with Gasteiger partial charge in [0.15, 0.2) is 5.96 Å². The zero-order chi connectivity index (χ0) is 15.7. The normalized spacial score (nSPS) is 12.5. The van der Waals surface area contributed by atoms with E-state index >= 15 is 0 Å². The molecule has 0 saturated carbocycles. The van der Waals surface area contributed by atoms with Gasteiger partial charge in [0.05, 0.1) is 13.7 Å². The van der Waals surface area contributed by atoms with Crippen LogP contribution in [0.4, 0.5) is 0 Å². The molecule has 1 aromatic carbocycles. The zero-order valence-corrected chi connectivity index (χ0v) is 16.2. The van der Waals surface area contributed by atoms with Crippen molar-refractivity contribution < 1.29 is 9.47 Å². The van der Waals surface area contributed by atoms with Gasteiger partial charge in [-0.1, -0.05) is 13.8 Å². The molecule has 0 bridgehead atoms. The molecule has 1 unspecified atom stereocenters. The van der Waals surface area contributed by atoms with Crippen LogP contribution in [0.3, 0.4) is 0 Å². The standard InChI is InChI=1S/C16H27N3O2.HI/c1-12(2)9-10-18-16(17)19-11-13(3)21-15-7-5-14(20-4)6-8-15;/h5-8,12-13H,9-11H2,1-4H3,(H3,17,18,19);1H. The fourth-order valence-corrected chi connectivity index (χ4v) is 1.70. The van der Waals surface area contributed by atoms with Gasteiger partial charge in [0.1, 0.15) is 17.6 Å². The smallest absolute Gasteiger partial charge is 0.188 e. The van der Waals surface area contributed by atoms with E-state index in [1.54, 1.807) is 7.11 Å². The summed E-state index contributed by atoms with van der Waals surface area (Å²) in [5.41, 5.74) is 5.81. The second-order valence-electron chi connectivity index (χ2n) is 5.44. The Morgan fingerprint density at radius 1 is 1.18 bits per heavy atom. The van der Waals surface area contributed by atoms with Crippen LogP contribution in [-0.2, 0) is 0 Å². The molecule has 1 atom stereocenters. The van der Waals surface area contributed by atoms with E-state index in [2.05, 4.69) is 24.2 Å². The van der Waals surface area contributed by atoms with Crippen LogP contribution in [0.1, 0.15) is 27.2 Å². The highest BCUT2D eigenvalue weighted by molar-refractivity contribution is 14.0. The fraction of sp³-hybridized carbons (Fsp3) is 0.562. The van der Waals surface area contributed by atoms with Crippen LogP contribution in [0, 0.1) is 5.92 Å². The molecular weight excluding hydrogens is 393 g/mol. The first-order chi connectivity index (χ1) is 10.0. The molecule has 5 nitrogen and oxygen atoms in total. The van der Waals surface area contributed by atoms with Gasteiger partial charge in [0.2, 0.25) is 0 Å². The van der Waals surface area contributed by atoms with Gasteiger partial charge in [-0.3, -0.25) is 0 Å². The Balaban J connectivity index is 0.00000441. The summed E-state index contributed by atoms with van der Waals surface area (Å²) < 4.78 is 10.9. The number of halogens is 1. The van der Waals surface area contributed by atoms with Crippen molar-refractivity contribution in [1.82, 2.24) is 5.32 Å². The lowest BCUT2D eigenvalue weighted by atomic mass is 10.1. The Kier molecular flexibility index (Phi) is 10.8. The van der Waals surface area contributed by atoms with E-state index in [0.717, 1.165) is 24.5 Å². The second-order valence-corrected chi connectivity index (χ2v) is 5.44. The maximum absolute atomic E-state index is 5.81. The predicted molar refractivity (Wildman–Crippen MR) is 102 cm³/mol. The summed E-state index contributed by atoms with van der Waals surface area (Å²) in [4.78, 5) is 4.28. The monoisotopic (exact) mass is 421 g/mol. The Morgan fingerprint density at radius 3 is 2.32 bits per heavy atom. The number of benzene rings is 1. The minimum atomic E-state index is -0.0381. The van der Waals surface area contributed by atoms with Gasteiger partial charge in [0.25, 0.3) is 0 Å². The van der Waals surface area contributed by atoms with Crippen LogP contribution >= 0.6 is 24.0 Å². The van der Waals surface area contributed by atoms with Crippen molar-refractivity contribution in [3.8, 4) is 11.5 Å². The van der Waals surface area contributed by atoms with Crippen molar-refractivity contribution in [1.29, 1.82) is 0 Å². The Morgan fingerprint density at radius 2 is 1.77 bits per heavy atom. The Hall–Kier alpha value is -1.18. The summed E-state index contributed by atoms with van der Waals surface area (Å²) in [5.74, 6) is 2.74. The van der Waals surface area contributed by atoms with Gasteiger partial charge in [-0.25, -0.2) is 4.99 Å². The molecule has 0 aliphatic carbocycles. The molecule has 0 amide bonds. The molecule has 0 aliphatic rings. The van der Waals surface area contributed by atoms with E-state index in [-0.39, 0.29) is 30.1 Å². The predicted octanol–water partition coefficient (Wildman–Crippen LogP) is 3.03. The summed E-state index contributed by atoms with van der Waals surface area (Å²) >= 11 is 0. The first-order valence-electron chi connectivity index (χ1n) is 7.35. The quantitative estimate of drug-likeness (QED) is 0.385. The van der Waals surface area contributed by atoms with Crippen LogP contribution in [0.25, 0.3) is 0 Å². The molecular formula is C16H28IN3O2. The van der Waals surface area contributed by atoms with E-state index in [0.29, 0.717) is 18.4 Å². The summed E-state index contributed by atoms with van der Waals surface area (Å²) in [6.07, 6.45) is 1.04. The average molecular weight is 421 g/mol. The van der Waals surface area contributed by atoms with Gasteiger partial charge in [-0.05, 0) is 43.5 Å². The molecule has 0 saturated heterocycles. The van der Waals surface area contributed by atoms with Crippen LogP contribution in [0.2, 0.25) is 0 Å². The van der Waals surface area contributed by atoms with Crippen LogP contribution in [0.15, 0.2) is 29.3 Å². The minimum Gasteiger partial charge on any atom is -0.497 e. The van der Waals surface area contributed by atoms with Crippen LogP contribution in [-0.4, -0.2) is 32.3 Å². The van der Waals surface area contributed by atoms with Gasteiger partial charge in [0, 0.05) is 6.54 Å². The lowest BCUT2D eigenvalue weighted by Gasteiger charge is -2.14. The summed E-state index contributed by atoms with van der Waals surface area (Å²) in [6.45, 7) is 7.70. The van der Waals surface area contributed by atoms with Crippen molar-refractivity contribution >= 4 is 29.9 Å². The van der Waals surface area contributed by atoms with Gasteiger partial charge >= 0.3 is 0 Å². The van der Waals surface area contributed by atoms with E-state index < -0.39 is 0 Å². The first kappa shape index (κ1) is 20.8. The highest BCUT2D eigenvalue weighted by Crippen LogP contribution is 2.18. The van der Waals surface area contributed by atoms with Crippen molar-refractivity contribution in [2.24, 2.45) is 16.6 Å². The van der Waals surface area contributed by atoms with Gasteiger partial charge in [-0.2, -0.15) is 0 Å². The molecule has 0 radical (unpaired) electrons. The molecule has 6 heteroatoms. The maximum Gasteiger partial charge on any atom is 0.188 e. The molecule has 1 rings (SSSR count). The van der Waals surface area contributed by atoms with Gasteiger partial charge in [-0.15, -0.1) is 24.0 Å². The van der Waals surface area contributed by atoms with Crippen LogP contribution in [0.5, 0.6) is 11.5 Å². The molecule has 0 aliphatic heterocycles.